The number of hydrogen-bond acceptors (Lipinski definition) is 2. The average molecular weight is 153 g/mol. The van der Waals surface area contributed by atoms with Crippen molar-refractivity contribution in [1.29, 1.82) is 0 Å². The summed E-state index contributed by atoms with van der Waals surface area (Å²) in [5.41, 5.74) is 4.74. The number of aliphatic hydroxyl groups excluding tert-OH is 1. The first-order valence-electron chi connectivity index (χ1n) is 3.17. The summed E-state index contributed by atoms with van der Waals surface area (Å²) < 4.78 is 24.8. The van der Waals surface area contributed by atoms with Crippen molar-refractivity contribution in [3.05, 3.63) is 0 Å². The number of nitrogens with two attached hydrogens (primary N) is 1. The molecule has 0 radical (unpaired) electrons. The van der Waals surface area contributed by atoms with Gasteiger partial charge in [-0.2, -0.15) is 0 Å². The van der Waals surface area contributed by atoms with Crippen LogP contribution in [0.5, 0.6) is 0 Å². The highest BCUT2D eigenvalue weighted by Gasteiger charge is 2.38. The maximum atomic E-state index is 12.4. The van der Waals surface area contributed by atoms with Gasteiger partial charge in [-0.25, -0.2) is 8.78 Å². The molecule has 0 bridgehead atoms. The lowest BCUT2D eigenvalue weighted by atomic mass is 10.0. The Labute approximate surface area is 59.0 Å². The molecular formula is C6H13F2NO. The van der Waals surface area contributed by atoms with E-state index in [9.17, 15) is 8.78 Å². The summed E-state index contributed by atoms with van der Waals surface area (Å²) in [6.45, 7) is 2.24. The molecule has 0 saturated heterocycles. The van der Waals surface area contributed by atoms with Gasteiger partial charge in [0.2, 0.25) is 0 Å². The molecule has 0 aliphatic heterocycles. The van der Waals surface area contributed by atoms with Crippen LogP contribution in [-0.2, 0) is 0 Å². The van der Waals surface area contributed by atoms with E-state index in [1.54, 1.807) is 0 Å². The molecule has 62 valence electrons. The van der Waals surface area contributed by atoms with Crippen LogP contribution in [0, 0.1) is 5.92 Å². The molecule has 3 N–H and O–H groups in total. The van der Waals surface area contributed by atoms with E-state index < -0.39 is 24.5 Å². The highest BCUT2D eigenvalue weighted by atomic mass is 19.3. The second-order valence-corrected chi connectivity index (χ2v) is 2.65. The molecule has 10 heavy (non-hydrogen) atoms. The van der Waals surface area contributed by atoms with Crippen molar-refractivity contribution in [2.45, 2.75) is 25.9 Å². The first-order chi connectivity index (χ1) is 4.41. The van der Waals surface area contributed by atoms with Crippen molar-refractivity contribution in [3.8, 4) is 0 Å². The van der Waals surface area contributed by atoms with E-state index in [2.05, 4.69) is 0 Å². The lowest BCUT2D eigenvalue weighted by molar-refractivity contribution is -0.118. The van der Waals surface area contributed by atoms with Crippen LogP contribution in [0.15, 0.2) is 0 Å². The number of rotatable bonds is 3. The van der Waals surface area contributed by atoms with E-state index in [0.29, 0.717) is 0 Å². The van der Waals surface area contributed by atoms with Crippen molar-refractivity contribution in [2.24, 2.45) is 11.7 Å². The van der Waals surface area contributed by atoms with Crippen molar-refractivity contribution < 1.29 is 13.9 Å². The van der Waals surface area contributed by atoms with Crippen LogP contribution in [0.2, 0.25) is 0 Å². The minimum atomic E-state index is -3.14. The fourth-order valence-electron chi connectivity index (χ4n) is 0.608. The van der Waals surface area contributed by atoms with Crippen LogP contribution in [0.1, 0.15) is 13.8 Å². The molecule has 0 aromatic heterocycles. The molecule has 0 aromatic rings. The van der Waals surface area contributed by atoms with Crippen LogP contribution in [0.3, 0.4) is 0 Å². The summed E-state index contributed by atoms with van der Waals surface area (Å²) in [6, 6.07) is 0. The Morgan fingerprint density at radius 3 is 2.00 bits per heavy atom. The standard InChI is InChI=1S/C6H13F2NO/c1-4(2)5(10)6(7,8)3-9/h4-5,10H,3,9H2,1-2H3. The third kappa shape index (κ3) is 2.19. The maximum Gasteiger partial charge on any atom is 0.285 e. The Morgan fingerprint density at radius 2 is 1.90 bits per heavy atom. The smallest absolute Gasteiger partial charge is 0.285 e. The van der Waals surface area contributed by atoms with Crippen LogP contribution in [0.25, 0.3) is 0 Å². The third-order valence-electron chi connectivity index (χ3n) is 1.34. The molecular weight excluding hydrogens is 140 g/mol. The number of halogens is 2. The predicted octanol–water partition coefficient (Wildman–Crippen LogP) is 0.597. The summed E-state index contributed by atoms with van der Waals surface area (Å²) in [5.74, 6) is -3.60. The van der Waals surface area contributed by atoms with E-state index in [-0.39, 0.29) is 0 Å². The first kappa shape index (κ1) is 9.78. The molecule has 2 nitrogen and oxygen atoms in total. The minimum absolute atomic E-state index is 0.460. The fraction of sp³-hybridized carbons (Fsp3) is 1.00. The number of hydrogen-bond donors (Lipinski definition) is 2. The predicted molar refractivity (Wildman–Crippen MR) is 34.8 cm³/mol. The van der Waals surface area contributed by atoms with Gasteiger partial charge in [0, 0.05) is 0 Å². The van der Waals surface area contributed by atoms with Gasteiger partial charge in [0.05, 0.1) is 6.54 Å². The lowest BCUT2D eigenvalue weighted by Crippen LogP contribution is -2.43. The van der Waals surface area contributed by atoms with E-state index in [1.807, 2.05) is 0 Å². The molecule has 0 aromatic carbocycles. The lowest BCUT2D eigenvalue weighted by Gasteiger charge is -2.23. The second-order valence-electron chi connectivity index (χ2n) is 2.65. The summed E-state index contributed by atoms with van der Waals surface area (Å²) >= 11 is 0. The highest BCUT2D eigenvalue weighted by Crippen LogP contribution is 2.22. The Kier molecular flexibility index (Phi) is 3.18. The molecule has 1 unspecified atom stereocenters. The van der Waals surface area contributed by atoms with Gasteiger partial charge in [-0.1, -0.05) is 13.8 Å². The molecule has 0 spiro atoms. The first-order valence-corrected chi connectivity index (χ1v) is 3.17. The molecule has 0 amide bonds. The summed E-state index contributed by atoms with van der Waals surface area (Å²) in [4.78, 5) is 0. The third-order valence-corrected chi connectivity index (χ3v) is 1.34. The Bertz CT molecular complexity index is 106. The maximum absolute atomic E-state index is 12.4. The van der Waals surface area contributed by atoms with Crippen molar-refractivity contribution in [1.82, 2.24) is 0 Å². The van der Waals surface area contributed by atoms with E-state index in [4.69, 9.17) is 10.8 Å². The minimum Gasteiger partial charge on any atom is -0.387 e. The zero-order chi connectivity index (χ0) is 8.36. The molecule has 4 heteroatoms. The zero-order valence-electron chi connectivity index (χ0n) is 6.14. The van der Waals surface area contributed by atoms with Crippen LogP contribution in [0.4, 0.5) is 8.78 Å². The topological polar surface area (TPSA) is 46.2 Å². The summed E-state index contributed by atoms with van der Waals surface area (Å²) in [7, 11) is 0. The molecule has 0 aliphatic rings. The molecule has 0 heterocycles. The average Bonchev–Trinajstić information content (AvgIpc) is 1.86. The van der Waals surface area contributed by atoms with Gasteiger partial charge in [-0.15, -0.1) is 0 Å². The normalized spacial score (nSPS) is 15.9. The quantitative estimate of drug-likeness (QED) is 0.623. The van der Waals surface area contributed by atoms with Gasteiger partial charge in [0.25, 0.3) is 5.92 Å². The van der Waals surface area contributed by atoms with Gasteiger partial charge >= 0.3 is 0 Å². The van der Waals surface area contributed by atoms with Gasteiger partial charge in [-0.3, -0.25) is 0 Å². The van der Waals surface area contributed by atoms with Crippen LogP contribution >= 0.6 is 0 Å². The van der Waals surface area contributed by atoms with Gasteiger partial charge in [0.15, 0.2) is 0 Å². The van der Waals surface area contributed by atoms with E-state index in [0.717, 1.165) is 0 Å². The van der Waals surface area contributed by atoms with Gasteiger partial charge in [0.1, 0.15) is 6.10 Å². The molecule has 1 atom stereocenters. The van der Waals surface area contributed by atoms with Crippen molar-refractivity contribution in [2.75, 3.05) is 6.54 Å². The Hall–Kier alpha value is -0.220. The Balaban J connectivity index is 4.03. The monoisotopic (exact) mass is 153 g/mol. The van der Waals surface area contributed by atoms with Crippen molar-refractivity contribution in [3.63, 3.8) is 0 Å². The number of alkyl halides is 2. The fourth-order valence-corrected chi connectivity index (χ4v) is 0.608. The van der Waals surface area contributed by atoms with Crippen LogP contribution in [-0.4, -0.2) is 23.7 Å². The number of aliphatic hydroxyl groups is 1. The van der Waals surface area contributed by atoms with Gasteiger partial charge in [-0.05, 0) is 5.92 Å². The summed E-state index contributed by atoms with van der Waals surface area (Å²) in [5, 5.41) is 8.82. The molecule has 0 aliphatic carbocycles. The molecule has 0 fully saturated rings. The highest BCUT2D eigenvalue weighted by molar-refractivity contribution is 4.79. The van der Waals surface area contributed by atoms with Crippen LogP contribution < -0.4 is 5.73 Å². The largest absolute Gasteiger partial charge is 0.387 e. The second kappa shape index (κ2) is 3.25. The Morgan fingerprint density at radius 1 is 1.50 bits per heavy atom. The molecule has 0 rings (SSSR count). The summed E-state index contributed by atoms with van der Waals surface area (Å²) in [6.07, 6.45) is -1.63. The van der Waals surface area contributed by atoms with Crippen molar-refractivity contribution >= 4 is 0 Å². The van der Waals surface area contributed by atoms with E-state index in [1.165, 1.54) is 13.8 Å². The van der Waals surface area contributed by atoms with E-state index >= 15 is 0 Å². The SMILES string of the molecule is CC(C)C(O)C(F)(F)CN. The molecule has 0 saturated carbocycles. The zero-order valence-corrected chi connectivity index (χ0v) is 6.14. The van der Waals surface area contributed by atoms with Gasteiger partial charge < -0.3 is 10.8 Å².